The molecule has 0 unspecified atom stereocenters. The molecule has 2 radical (unpaired) electrons. The third kappa shape index (κ3) is 2.63. The number of nitrogens with zero attached hydrogens (tertiary/aromatic N) is 2. The summed E-state index contributed by atoms with van der Waals surface area (Å²) in [5, 5.41) is 12.6. The largest absolute Gasteiger partial charge is 0.465 e. The van der Waals surface area contributed by atoms with Crippen LogP contribution in [0.5, 0.6) is 0 Å². The number of esters is 1. The lowest BCUT2D eigenvalue weighted by Gasteiger charge is -2.11. The minimum atomic E-state index is -0.438. The molecule has 136 valence electrons. The maximum Gasteiger partial charge on any atom is 0.338 e. The summed E-state index contributed by atoms with van der Waals surface area (Å²) in [5.41, 5.74) is 4.21. The van der Waals surface area contributed by atoms with E-state index in [0.717, 1.165) is 33.1 Å². The predicted octanol–water partition coefficient (Wildman–Crippen LogP) is 3.58. The van der Waals surface area contributed by atoms with E-state index >= 15 is 0 Å². The summed E-state index contributed by atoms with van der Waals surface area (Å²) in [6, 6.07) is 15.6. The first-order valence-corrected chi connectivity index (χ1v) is 8.58. The minimum absolute atomic E-state index is 0.0292. The second-order valence-corrected chi connectivity index (χ2v) is 6.53. The van der Waals surface area contributed by atoms with Crippen molar-refractivity contribution in [2.45, 2.75) is 6.92 Å². The van der Waals surface area contributed by atoms with Gasteiger partial charge in [-0.2, -0.15) is 0 Å². The highest BCUT2D eigenvalue weighted by Gasteiger charge is 2.20. The molecule has 0 N–H and O–H groups in total. The van der Waals surface area contributed by atoms with Crippen LogP contribution in [0.3, 0.4) is 0 Å². The fourth-order valence-electron chi connectivity index (χ4n) is 3.63. The number of hydrogen-bond donors (Lipinski definition) is 0. The van der Waals surface area contributed by atoms with Gasteiger partial charge in [0.2, 0.25) is 0 Å². The number of fused-ring (bicyclic) bond motifs is 3. The number of nitro benzene ring substituents is 1. The van der Waals surface area contributed by atoms with Gasteiger partial charge in [0, 0.05) is 28.6 Å². The molecule has 0 saturated carbocycles. The normalized spacial score (nSPS) is 11.1. The number of aromatic nitrogens is 1. The van der Waals surface area contributed by atoms with Gasteiger partial charge < -0.3 is 9.30 Å². The molecule has 28 heavy (non-hydrogen) atoms. The molecule has 1 heterocycles. The highest BCUT2D eigenvalue weighted by molar-refractivity contribution is 6.34. The van der Waals surface area contributed by atoms with Gasteiger partial charge >= 0.3 is 5.97 Å². The molecule has 3 aromatic carbocycles. The first-order chi connectivity index (χ1) is 13.4. The van der Waals surface area contributed by atoms with Gasteiger partial charge in [-0.1, -0.05) is 23.7 Å². The second kappa shape index (κ2) is 6.53. The van der Waals surface area contributed by atoms with E-state index in [1.807, 2.05) is 29.7 Å². The van der Waals surface area contributed by atoms with Gasteiger partial charge in [0.25, 0.3) is 5.69 Å². The third-order valence-corrected chi connectivity index (χ3v) is 4.85. The number of hydrogen-bond acceptors (Lipinski definition) is 4. The summed E-state index contributed by atoms with van der Waals surface area (Å²) >= 11 is 0. The smallest absolute Gasteiger partial charge is 0.338 e. The Morgan fingerprint density at radius 3 is 2.57 bits per heavy atom. The van der Waals surface area contributed by atoms with Gasteiger partial charge in [0.05, 0.1) is 28.6 Å². The molecule has 7 heteroatoms. The van der Waals surface area contributed by atoms with Crippen molar-refractivity contribution in [2.24, 2.45) is 0 Å². The number of methoxy groups -OCH3 is 1. The van der Waals surface area contributed by atoms with Crippen molar-refractivity contribution in [3.8, 4) is 5.69 Å². The maximum atomic E-state index is 12.4. The van der Waals surface area contributed by atoms with Crippen LogP contribution in [0.15, 0.2) is 54.6 Å². The third-order valence-electron chi connectivity index (χ3n) is 4.85. The molecule has 4 rings (SSSR count). The van der Waals surface area contributed by atoms with Crippen molar-refractivity contribution in [1.82, 2.24) is 4.57 Å². The fraction of sp³-hybridized carbons (Fsp3) is 0.0952. The Kier molecular flexibility index (Phi) is 4.15. The molecule has 0 aliphatic heterocycles. The molecule has 0 fully saturated rings. The zero-order chi connectivity index (χ0) is 20.0. The van der Waals surface area contributed by atoms with E-state index in [2.05, 4.69) is 0 Å². The van der Waals surface area contributed by atoms with Gasteiger partial charge in [0.15, 0.2) is 0 Å². The average molecular weight is 370 g/mol. The summed E-state index contributed by atoms with van der Waals surface area (Å²) in [6.45, 7) is 1.82. The van der Waals surface area contributed by atoms with Crippen LogP contribution in [0, 0.1) is 17.0 Å². The molecule has 0 aliphatic rings. The maximum absolute atomic E-state index is 12.4. The Labute approximate surface area is 161 Å². The van der Waals surface area contributed by atoms with Gasteiger partial charge in [-0.3, -0.25) is 10.1 Å². The topological polar surface area (TPSA) is 74.4 Å². The average Bonchev–Trinajstić information content (AvgIpc) is 3.00. The standard InChI is InChI=1S/C21H15BN2O4/c1-12-10-14(24(26)27)7-9-17(12)23-18-8-6-13(22)11-16(18)20-15(21(25)28-2)4-3-5-19(20)23/h3-11H,1-2H3. The van der Waals surface area contributed by atoms with Crippen LogP contribution in [0.4, 0.5) is 5.69 Å². The van der Waals surface area contributed by atoms with E-state index in [1.165, 1.54) is 19.2 Å². The Morgan fingerprint density at radius 2 is 1.89 bits per heavy atom. The fourth-order valence-corrected chi connectivity index (χ4v) is 3.63. The molecule has 0 amide bonds. The van der Waals surface area contributed by atoms with Crippen LogP contribution in [-0.4, -0.2) is 30.4 Å². The molecule has 6 nitrogen and oxygen atoms in total. The number of carbonyl (C=O) groups is 1. The van der Waals surface area contributed by atoms with E-state index in [1.54, 1.807) is 24.3 Å². The zero-order valence-electron chi connectivity index (χ0n) is 15.3. The Balaban J connectivity index is 2.15. The summed E-state index contributed by atoms with van der Waals surface area (Å²) in [7, 11) is 7.35. The lowest BCUT2D eigenvalue weighted by atomic mass is 9.94. The van der Waals surface area contributed by atoms with E-state index in [9.17, 15) is 14.9 Å². The number of benzene rings is 3. The number of rotatable bonds is 3. The van der Waals surface area contributed by atoms with Crippen LogP contribution < -0.4 is 5.46 Å². The highest BCUT2D eigenvalue weighted by atomic mass is 16.6. The van der Waals surface area contributed by atoms with Gasteiger partial charge in [-0.25, -0.2) is 4.79 Å². The van der Waals surface area contributed by atoms with Crippen LogP contribution in [-0.2, 0) is 4.74 Å². The lowest BCUT2D eigenvalue weighted by Crippen LogP contribution is -2.02. The van der Waals surface area contributed by atoms with Crippen LogP contribution >= 0.6 is 0 Å². The number of non-ortho nitro benzene ring substituents is 1. The molecule has 4 aromatic rings. The van der Waals surface area contributed by atoms with E-state index in [-0.39, 0.29) is 5.69 Å². The van der Waals surface area contributed by atoms with Gasteiger partial charge in [-0.05, 0) is 36.8 Å². The van der Waals surface area contributed by atoms with Gasteiger partial charge in [-0.15, -0.1) is 0 Å². The lowest BCUT2D eigenvalue weighted by molar-refractivity contribution is -0.384. The van der Waals surface area contributed by atoms with Crippen molar-refractivity contribution in [3.63, 3.8) is 0 Å². The number of nitro groups is 1. The van der Waals surface area contributed by atoms with Crippen molar-refractivity contribution >= 4 is 46.8 Å². The number of ether oxygens (including phenoxy) is 1. The van der Waals surface area contributed by atoms with Gasteiger partial charge in [0.1, 0.15) is 7.85 Å². The summed E-state index contributed by atoms with van der Waals surface area (Å²) in [6.07, 6.45) is 0. The van der Waals surface area contributed by atoms with Crippen molar-refractivity contribution in [3.05, 3.63) is 75.8 Å². The zero-order valence-corrected chi connectivity index (χ0v) is 15.3. The first-order valence-electron chi connectivity index (χ1n) is 8.58. The Bertz CT molecular complexity index is 1280. The molecule has 0 aliphatic carbocycles. The molecule has 0 spiro atoms. The van der Waals surface area contributed by atoms with Crippen molar-refractivity contribution in [1.29, 1.82) is 0 Å². The van der Waals surface area contributed by atoms with E-state index in [4.69, 9.17) is 12.6 Å². The monoisotopic (exact) mass is 370 g/mol. The van der Waals surface area contributed by atoms with Crippen molar-refractivity contribution < 1.29 is 14.5 Å². The molecule has 0 bridgehead atoms. The molecule has 1 aromatic heterocycles. The number of aryl methyl sites for hydroxylation is 1. The van der Waals surface area contributed by atoms with Crippen LogP contribution in [0.2, 0.25) is 0 Å². The molecular weight excluding hydrogens is 355 g/mol. The second-order valence-electron chi connectivity index (χ2n) is 6.53. The summed E-state index contributed by atoms with van der Waals surface area (Å²) in [4.78, 5) is 23.0. The van der Waals surface area contributed by atoms with Crippen LogP contribution in [0.25, 0.3) is 27.5 Å². The molecule has 0 atom stereocenters. The Hall–Kier alpha value is -3.61. The highest BCUT2D eigenvalue weighted by Crippen LogP contribution is 2.35. The quantitative estimate of drug-likeness (QED) is 0.239. The van der Waals surface area contributed by atoms with Crippen LogP contribution in [0.1, 0.15) is 15.9 Å². The summed E-state index contributed by atoms with van der Waals surface area (Å²) < 4.78 is 6.93. The minimum Gasteiger partial charge on any atom is -0.465 e. The van der Waals surface area contributed by atoms with Crippen molar-refractivity contribution in [2.75, 3.05) is 7.11 Å². The van der Waals surface area contributed by atoms with E-state index < -0.39 is 10.9 Å². The van der Waals surface area contributed by atoms with E-state index in [0.29, 0.717) is 11.0 Å². The molecule has 0 saturated heterocycles. The Morgan fingerprint density at radius 1 is 1.11 bits per heavy atom. The molecular formula is C21H15BN2O4. The summed E-state index contributed by atoms with van der Waals surface area (Å²) in [5.74, 6) is -0.438. The first kappa shape index (κ1) is 17.8. The predicted molar refractivity (Wildman–Crippen MR) is 109 cm³/mol. The SMILES string of the molecule is [B]c1ccc2c(c1)c1c(C(=O)OC)cccc1n2-c1ccc([N+](=O)[O-])cc1C. The number of carbonyl (C=O) groups excluding carboxylic acids is 1.